The number of hydrogen-bond donors (Lipinski definition) is 0. The fourth-order valence-corrected chi connectivity index (χ4v) is 3.49. The van der Waals surface area contributed by atoms with Gasteiger partial charge in [0.2, 0.25) is 0 Å². The second kappa shape index (κ2) is 7.65. The highest BCUT2D eigenvalue weighted by Crippen LogP contribution is 2.51. The van der Waals surface area contributed by atoms with Crippen LogP contribution in [-0.2, 0) is 47.6 Å². The number of fused-ring (bicyclic) bond motifs is 1. The topological polar surface area (TPSA) is 124 Å². The van der Waals surface area contributed by atoms with Crippen LogP contribution in [-0.4, -0.2) is 75.2 Å². The Hall–Kier alpha value is -2.46. The van der Waals surface area contributed by atoms with Crippen LogP contribution in [0, 0.1) is 11.8 Å². The number of methoxy groups -OCH3 is 1. The van der Waals surface area contributed by atoms with Crippen molar-refractivity contribution in [2.45, 2.75) is 31.3 Å². The third kappa shape index (κ3) is 3.54. The lowest BCUT2D eigenvalue weighted by atomic mass is 9.78. The quantitative estimate of drug-likeness (QED) is 0.226. The molecule has 10 heteroatoms. The summed E-state index contributed by atoms with van der Waals surface area (Å²) >= 11 is 0. The van der Waals surface area contributed by atoms with Gasteiger partial charge in [-0.25, -0.2) is 9.59 Å². The first kappa shape index (κ1) is 19.3. The fourth-order valence-electron chi connectivity index (χ4n) is 3.49. The summed E-state index contributed by atoms with van der Waals surface area (Å²) in [6, 6.07) is 0. The van der Waals surface area contributed by atoms with Crippen LogP contribution in [0.1, 0.15) is 6.92 Å². The standard InChI is InChI=1S/C17H20O10/c1-7(2)15(19)24-6-8(18)25-13-11-9(16(20)23-5-4-22-3)10-12(26-11)14(13)27-17(10)21/h9-14H,1,4-6H2,2-3H3. The van der Waals surface area contributed by atoms with Crippen molar-refractivity contribution in [3.63, 3.8) is 0 Å². The van der Waals surface area contributed by atoms with E-state index in [2.05, 4.69) is 6.58 Å². The molecule has 3 saturated heterocycles. The van der Waals surface area contributed by atoms with Gasteiger partial charge >= 0.3 is 23.9 Å². The SMILES string of the molecule is C=C(C)C(=O)OCC(=O)OC1C2OC(=O)C3C2OC1C3C(=O)OCCOC. The zero-order valence-electron chi connectivity index (χ0n) is 14.9. The summed E-state index contributed by atoms with van der Waals surface area (Å²) in [6.07, 6.45) is -3.32. The Kier molecular flexibility index (Phi) is 5.47. The van der Waals surface area contributed by atoms with Gasteiger partial charge < -0.3 is 28.4 Å². The van der Waals surface area contributed by atoms with Gasteiger partial charge in [0.1, 0.15) is 30.7 Å². The molecule has 3 heterocycles. The molecular weight excluding hydrogens is 364 g/mol. The Balaban J connectivity index is 1.64. The summed E-state index contributed by atoms with van der Waals surface area (Å²) in [5.74, 6) is -4.54. The van der Waals surface area contributed by atoms with Gasteiger partial charge in [0.05, 0.1) is 6.61 Å². The Labute approximate surface area is 154 Å². The van der Waals surface area contributed by atoms with Crippen LogP contribution < -0.4 is 0 Å². The molecule has 0 spiro atoms. The molecule has 0 aromatic rings. The van der Waals surface area contributed by atoms with Crippen LogP contribution in [0.5, 0.6) is 0 Å². The molecule has 3 rings (SSSR count). The van der Waals surface area contributed by atoms with Crippen LogP contribution in [0.15, 0.2) is 12.2 Å². The maximum Gasteiger partial charge on any atom is 0.344 e. The van der Waals surface area contributed by atoms with Crippen molar-refractivity contribution in [3.8, 4) is 0 Å². The average molecular weight is 384 g/mol. The van der Waals surface area contributed by atoms with Gasteiger partial charge in [0, 0.05) is 12.7 Å². The van der Waals surface area contributed by atoms with Gasteiger partial charge in [0.25, 0.3) is 0 Å². The molecule has 2 bridgehead atoms. The molecule has 0 aromatic carbocycles. The maximum absolute atomic E-state index is 12.4. The van der Waals surface area contributed by atoms with E-state index in [1.807, 2.05) is 0 Å². The van der Waals surface area contributed by atoms with Crippen molar-refractivity contribution in [1.29, 1.82) is 0 Å². The molecule has 0 radical (unpaired) electrons. The molecule has 3 aliphatic heterocycles. The first-order valence-electron chi connectivity index (χ1n) is 8.38. The highest BCUT2D eigenvalue weighted by molar-refractivity contribution is 5.89. The molecule has 0 N–H and O–H groups in total. The predicted molar refractivity (Wildman–Crippen MR) is 84.0 cm³/mol. The van der Waals surface area contributed by atoms with Gasteiger partial charge in [-0.05, 0) is 6.92 Å². The third-order valence-electron chi connectivity index (χ3n) is 4.65. The number of carbonyl (C=O) groups excluding carboxylic acids is 4. The third-order valence-corrected chi connectivity index (χ3v) is 4.65. The number of ether oxygens (including phenoxy) is 6. The van der Waals surface area contributed by atoms with Crippen molar-refractivity contribution in [2.75, 3.05) is 26.9 Å². The minimum absolute atomic E-state index is 0.0235. The highest BCUT2D eigenvalue weighted by atomic mass is 16.7. The molecule has 27 heavy (non-hydrogen) atoms. The van der Waals surface area contributed by atoms with Crippen LogP contribution in [0.25, 0.3) is 0 Å². The highest BCUT2D eigenvalue weighted by Gasteiger charge is 2.72. The monoisotopic (exact) mass is 384 g/mol. The number of carbonyl (C=O) groups is 4. The number of hydrogen-bond acceptors (Lipinski definition) is 10. The van der Waals surface area contributed by atoms with Crippen molar-refractivity contribution in [2.24, 2.45) is 11.8 Å². The molecule has 0 saturated carbocycles. The second-order valence-electron chi connectivity index (χ2n) is 6.49. The molecule has 0 amide bonds. The van der Waals surface area contributed by atoms with Crippen LogP contribution in [0.3, 0.4) is 0 Å². The van der Waals surface area contributed by atoms with Gasteiger partial charge in [-0.2, -0.15) is 0 Å². The largest absolute Gasteiger partial charge is 0.463 e. The van der Waals surface area contributed by atoms with Crippen LogP contribution in [0.2, 0.25) is 0 Å². The lowest BCUT2D eigenvalue weighted by Crippen LogP contribution is -2.48. The summed E-state index contributed by atoms with van der Waals surface area (Å²) in [5.41, 5.74) is 0.137. The van der Waals surface area contributed by atoms with Crippen molar-refractivity contribution in [3.05, 3.63) is 12.2 Å². The molecule has 3 aliphatic rings. The molecule has 148 valence electrons. The van der Waals surface area contributed by atoms with Gasteiger partial charge in [-0.3, -0.25) is 9.59 Å². The van der Waals surface area contributed by atoms with E-state index in [0.29, 0.717) is 0 Å². The number of esters is 4. The molecule has 3 fully saturated rings. The van der Waals surface area contributed by atoms with Gasteiger partial charge in [-0.15, -0.1) is 0 Å². The van der Waals surface area contributed by atoms with Crippen molar-refractivity contribution in [1.82, 2.24) is 0 Å². The van der Waals surface area contributed by atoms with Gasteiger partial charge in [-0.1, -0.05) is 6.58 Å². The van der Waals surface area contributed by atoms with E-state index < -0.39 is 66.7 Å². The van der Waals surface area contributed by atoms with E-state index in [1.54, 1.807) is 0 Å². The summed E-state index contributed by atoms with van der Waals surface area (Å²) in [5, 5.41) is 0. The molecular formula is C17H20O10. The summed E-state index contributed by atoms with van der Waals surface area (Å²) < 4.78 is 30.8. The summed E-state index contributed by atoms with van der Waals surface area (Å²) in [6.45, 7) is 4.44. The summed E-state index contributed by atoms with van der Waals surface area (Å²) in [7, 11) is 1.46. The lowest BCUT2D eigenvalue weighted by molar-refractivity contribution is -0.170. The zero-order valence-corrected chi connectivity index (χ0v) is 14.9. The maximum atomic E-state index is 12.4. The van der Waals surface area contributed by atoms with E-state index in [0.717, 1.165) is 0 Å². The van der Waals surface area contributed by atoms with E-state index in [4.69, 9.17) is 28.4 Å². The second-order valence-corrected chi connectivity index (χ2v) is 6.49. The predicted octanol–water partition coefficient (Wildman–Crippen LogP) is -0.854. The molecule has 6 unspecified atom stereocenters. The molecule has 6 atom stereocenters. The minimum Gasteiger partial charge on any atom is -0.463 e. The van der Waals surface area contributed by atoms with E-state index in [-0.39, 0.29) is 18.8 Å². The summed E-state index contributed by atoms with van der Waals surface area (Å²) in [4.78, 5) is 47.8. The molecule has 10 nitrogen and oxygen atoms in total. The van der Waals surface area contributed by atoms with Crippen LogP contribution >= 0.6 is 0 Å². The smallest absolute Gasteiger partial charge is 0.344 e. The Morgan fingerprint density at radius 1 is 1.11 bits per heavy atom. The van der Waals surface area contributed by atoms with E-state index >= 15 is 0 Å². The number of rotatable bonds is 8. The zero-order chi connectivity index (χ0) is 19.7. The first-order chi connectivity index (χ1) is 12.8. The Bertz CT molecular complexity index is 671. The average Bonchev–Trinajstić information content (AvgIpc) is 3.23. The molecule has 0 aromatic heterocycles. The van der Waals surface area contributed by atoms with Gasteiger partial charge in [0.15, 0.2) is 18.8 Å². The van der Waals surface area contributed by atoms with Crippen molar-refractivity contribution >= 4 is 23.9 Å². The lowest BCUT2D eigenvalue weighted by Gasteiger charge is -2.27. The fraction of sp³-hybridized carbons (Fsp3) is 0.647. The van der Waals surface area contributed by atoms with E-state index in [9.17, 15) is 19.2 Å². The van der Waals surface area contributed by atoms with E-state index in [1.165, 1.54) is 14.0 Å². The molecule has 0 aliphatic carbocycles. The van der Waals surface area contributed by atoms with Crippen LogP contribution in [0.4, 0.5) is 0 Å². The normalized spacial score (nSPS) is 32.7. The van der Waals surface area contributed by atoms with Crippen molar-refractivity contribution < 1.29 is 47.6 Å². The minimum atomic E-state index is -0.978. The Morgan fingerprint density at radius 3 is 2.52 bits per heavy atom. The first-order valence-corrected chi connectivity index (χ1v) is 8.38. The Morgan fingerprint density at radius 2 is 1.85 bits per heavy atom.